The van der Waals surface area contributed by atoms with Crippen molar-refractivity contribution in [1.29, 1.82) is 0 Å². The largest absolute Gasteiger partial charge is 0.494 e. The minimum absolute atomic E-state index is 0.0995. The van der Waals surface area contributed by atoms with Crippen molar-refractivity contribution in [1.82, 2.24) is 0 Å². The third kappa shape index (κ3) is 3.90. The van der Waals surface area contributed by atoms with Crippen molar-refractivity contribution in [2.24, 2.45) is 0 Å². The summed E-state index contributed by atoms with van der Waals surface area (Å²) in [5, 5.41) is -0.0995. The Morgan fingerprint density at radius 2 is 1.50 bits per heavy atom. The maximum atomic E-state index is 13.1. The van der Waals surface area contributed by atoms with E-state index in [-0.39, 0.29) is 10.6 Å². The minimum Gasteiger partial charge on any atom is -0.494 e. The van der Waals surface area contributed by atoms with E-state index in [1.165, 1.54) is 0 Å². The van der Waals surface area contributed by atoms with Gasteiger partial charge in [-0.3, -0.25) is 9.59 Å². The molecule has 0 aliphatic carbocycles. The number of ether oxygens (including phenoxy) is 2. The van der Waals surface area contributed by atoms with Gasteiger partial charge < -0.3 is 9.47 Å². The fourth-order valence-corrected chi connectivity index (χ4v) is 3.16. The molecule has 0 atom stereocenters. The van der Waals surface area contributed by atoms with Crippen molar-refractivity contribution in [3.8, 4) is 11.5 Å². The average Bonchev–Trinajstić information content (AvgIpc) is 2.94. The molecule has 28 heavy (non-hydrogen) atoms. The molecule has 2 aromatic rings. The Balaban J connectivity index is 1.91. The van der Waals surface area contributed by atoms with Crippen molar-refractivity contribution in [2.45, 2.75) is 26.7 Å². The maximum Gasteiger partial charge on any atom is 0.277 e. The van der Waals surface area contributed by atoms with E-state index in [4.69, 9.17) is 21.1 Å². The van der Waals surface area contributed by atoms with Crippen LogP contribution < -0.4 is 14.4 Å². The van der Waals surface area contributed by atoms with E-state index in [0.29, 0.717) is 36.0 Å². The van der Waals surface area contributed by atoms with Crippen LogP contribution in [0.15, 0.2) is 53.6 Å². The van der Waals surface area contributed by atoms with E-state index < -0.39 is 11.8 Å². The third-order valence-corrected chi connectivity index (χ3v) is 4.56. The van der Waals surface area contributed by atoms with Gasteiger partial charge in [0.15, 0.2) is 0 Å². The first-order valence-corrected chi connectivity index (χ1v) is 9.69. The van der Waals surface area contributed by atoms with E-state index in [1.54, 1.807) is 48.5 Å². The van der Waals surface area contributed by atoms with Gasteiger partial charge in [-0.1, -0.05) is 49.7 Å². The zero-order valence-electron chi connectivity index (χ0n) is 15.9. The SMILES string of the molecule is CCCOc1ccc(C2=C(Cl)C(=O)N(c3ccccc3OCCC)C2=O)cc1. The number of halogens is 1. The van der Waals surface area contributed by atoms with Gasteiger partial charge in [-0.15, -0.1) is 0 Å². The Hall–Kier alpha value is -2.79. The van der Waals surface area contributed by atoms with Gasteiger partial charge in [-0.25, -0.2) is 4.90 Å². The second kappa shape index (κ2) is 8.93. The first-order chi connectivity index (χ1) is 13.6. The maximum absolute atomic E-state index is 13.1. The molecular formula is C22H22ClNO4. The van der Waals surface area contributed by atoms with Crippen LogP contribution in [0.1, 0.15) is 32.3 Å². The Labute approximate surface area is 169 Å². The fraction of sp³-hybridized carbons (Fsp3) is 0.273. The number of amides is 2. The van der Waals surface area contributed by atoms with Crippen molar-refractivity contribution >= 4 is 34.7 Å². The third-order valence-electron chi connectivity index (χ3n) is 4.21. The molecule has 0 saturated heterocycles. The van der Waals surface area contributed by atoms with Crippen molar-refractivity contribution in [3.05, 3.63) is 59.1 Å². The lowest BCUT2D eigenvalue weighted by Crippen LogP contribution is -2.31. The van der Waals surface area contributed by atoms with Gasteiger partial charge in [-0.2, -0.15) is 0 Å². The standard InChI is InChI=1S/C22H22ClNO4/c1-3-13-27-16-11-9-15(10-12-16)19-20(23)22(26)24(21(19)25)17-7-5-6-8-18(17)28-14-4-2/h5-12H,3-4,13-14H2,1-2H3. The molecule has 0 saturated carbocycles. The normalized spacial score (nSPS) is 14.0. The predicted molar refractivity (Wildman–Crippen MR) is 110 cm³/mol. The molecule has 1 aliphatic heterocycles. The van der Waals surface area contributed by atoms with Gasteiger partial charge in [0.25, 0.3) is 11.8 Å². The molecule has 0 spiro atoms. The number of carbonyl (C=O) groups is 2. The van der Waals surface area contributed by atoms with Gasteiger partial charge in [-0.05, 0) is 42.7 Å². The number of carbonyl (C=O) groups excluding carboxylic acids is 2. The van der Waals surface area contributed by atoms with Gasteiger partial charge in [0.05, 0.1) is 24.5 Å². The summed E-state index contributed by atoms with van der Waals surface area (Å²) < 4.78 is 11.3. The average molecular weight is 400 g/mol. The number of para-hydroxylation sites is 2. The molecule has 0 unspecified atom stereocenters. The highest BCUT2D eigenvalue weighted by molar-refractivity contribution is 6.60. The molecule has 1 heterocycles. The van der Waals surface area contributed by atoms with Crippen LogP contribution in [0.5, 0.6) is 11.5 Å². The number of anilines is 1. The van der Waals surface area contributed by atoms with E-state index >= 15 is 0 Å². The molecule has 146 valence electrons. The van der Waals surface area contributed by atoms with Crippen LogP contribution in [0.2, 0.25) is 0 Å². The number of imide groups is 1. The summed E-state index contributed by atoms with van der Waals surface area (Å²) in [6.07, 6.45) is 1.72. The first kappa shape index (κ1) is 20.0. The molecule has 3 rings (SSSR count). The monoisotopic (exact) mass is 399 g/mol. The molecule has 1 aliphatic rings. The summed E-state index contributed by atoms with van der Waals surface area (Å²) in [5.41, 5.74) is 1.14. The summed E-state index contributed by atoms with van der Waals surface area (Å²) in [6.45, 7) is 5.11. The molecule has 2 amide bonds. The highest BCUT2D eigenvalue weighted by Gasteiger charge is 2.40. The molecule has 0 aromatic heterocycles. The van der Waals surface area contributed by atoms with Gasteiger partial charge in [0.1, 0.15) is 16.5 Å². The van der Waals surface area contributed by atoms with Crippen LogP contribution >= 0.6 is 11.6 Å². The quantitative estimate of drug-likeness (QED) is 0.599. The second-order valence-electron chi connectivity index (χ2n) is 6.32. The van der Waals surface area contributed by atoms with Crippen LogP contribution in [0, 0.1) is 0 Å². The zero-order valence-corrected chi connectivity index (χ0v) is 16.7. The molecule has 0 radical (unpaired) electrons. The Morgan fingerprint density at radius 1 is 0.857 bits per heavy atom. The van der Waals surface area contributed by atoms with Crippen LogP contribution in [0.4, 0.5) is 5.69 Å². The lowest BCUT2D eigenvalue weighted by atomic mass is 10.1. The van der Waals surface area contributed by atoms with Gasteiger partial charge >= 0.3 is 0 Å². The van der Waals surface area contributed by atoms with Crippen LogP contribution in [0.25, 0.3) is 5.57 Å². The number of hydrogen-bond donors (Lipinski definition) is 0. The second-order valence-corrected chi connectivity index (χ2v) is 6.70. The molecule has 0 fully saturated rings. The van der Waals surface area contributed by atoms with E-state index in [2.05, 4.69) is 0 Å². The van der Waals surface area contributed by atoms with Crippen LogP contribution in [-0.4, -0.2) is 25.0 Å². The zero-order chi connectivity index (χ0) is 20.1. The highest BCUT2D eigenvalue weighted by atomic mass is 35.5. The Morgan fingerprint density at radius 3 is 2.18 bits per heavy atom. The Bertz CT molecular complexity index is 905. The van der Waals surface area contributed by atoms with Crippen LogP contribution in [0.3, 0.4) is 0 Å². The summed E-state index contributed by atoms with van der Waals surface area (Å²) in [7, 11) is 0. The topological polar surface area (TPSA) is 55.8 Å². The number of rotatable bonds is 8. The van der Waals surface area contributed by atoms with Crippen LogP contribution in [-0.2, 0) is 9.59 Å². The van der Waals surface area contributed by atoms with Gasteiger partial charge in [0, 0.05) is 0 Å². The smallest absolute Gasteiger partial charge is 0.277 e. The number of hydrogen-bond acceptors (Lipinski definition) is 4. The highest BCUT2D eigenvalue weighted by Crippen LogP contribution is 2.39. The minimum atomic E-state index is -0.555. The molecule has 6 heteroatoms. The number of nitrogens with zero attached hydrogens (tertiary/aromatic N) is 1. The predicted octanol–water partition coefficient (Wildman–Crippen LogP) is 4.79. The number of benzene rings is 2. The molecular weight excluding hydrogens is 378 g/mol. The molecule has 0 bridgehead atoms. The lowest BCUT2D eigenvalue weighted by Gasteiger charge is -2.19. The first-order valence-electron chi connectivity index (χ1n) is 9.32. The van der Waals surface area contributed by atoms with E-state index in [9.17, 15) is 9.59 Å². The summed E-state index contributed by atoms with van der Waals surface area (Å²) in [5.74, 6) is 0.152. The molecule has 5 nitrogen and oxygen atoms in total. The molecule has 0 N–H and O–H groups in total. The summed E-state index contributed by atoms with van der Waals surface area (Å²) >= 11 is 6.28. The van der Waals surface area contributed by atoms with E-state index in [0.717, 1.165) is 17.7 Å². The van der Waals surface area contributed by atoms with Crippen molar-refractivity contribution in [3.63, 3.8) is 0 Å². The fourth-order valence-electron chi connectivity index (χ4n) is 2.89. The molecule has 2 aromatic carbocycles. The van der Waals surface area contributed by atoms with Crippen molar-refractivity contribution < 1.29 is 19.1 Å². The Kier molecular flexibility index (Phi) is 6.37. The summed E-state index contributed by atoms with van der Waals surface area (Å²) in [4.78, 5) is 26.9. The van der Waals surface area contributed by atoms with Gasteiger partial charge in [0.2, 0.25) is 0 Å². The summed E-state index contributed by atoms with van der Waals surface area (Å²) in [6, 6.07) is 14.0. The van der Waals surface area contributed by atoms with E-state index in [1.807, 2.05) is 13.8 Å². The van der Waals surface area contributed by atoms with Crippen molar-refractivity contribution in [2.75, 3.05) is 18.1 Å². The lowest BCUT2D eigenvalue weighted by molar-refractivity contribution is -0.119.